The van der Waals surface area contributed by atoms with Crippen LogP contribution in [0.25, 0.3) is 0 Å². The van der Waals surface area contributed by atoms with Crippen molar-refractivity contribution in [2.75, 3.05) is 18.4 Å². The van der Waals surface area contributed by atoms with E-state index >= 15 is 0 Å². The molecule has 1 fully saturated rings. The zero-order chi connectivity index (χ0) is 13.1. The topological polar surface area (TPSA) is 53.2 Å². The molecule has 1 aliphatic carbocycles. The van der Waals surface area contributed by atoms with Gasteiger partial charge in [-0.15, -0.1) is 0 Å². The zero-order valence-corrected chi connectivity index (χ0v) is 11.2. The number of anilines is 1. The number of hydrogen-bond acceptors (Lipinski definition) is 3. The third-order valence-electron chi connectivity index (χ3n) is 3.71. The summed E-state index contributed by atoms with van der Waals surface area (Å²) >= 11 is 0. The van der Waals surface area contributed by atoms with Gasteiger partial charge in [0.05, 0.1) is 0 Å². The number of benzene rings is 1. The number of rotatable bonds is 6. The molecule has 3 N–H and O–H groups in total. The first-order valence-corrected chi connectivity index (χ1v) is 7.17. The molecule has 0 radical (unpaired) electrons. The maximum atomic E-state index is 11.3. The summed E-state index contributed by atoms with van der Waals surface area (Å²) in [6.07, 6.45) is 4.15. The molecular formula is C15H21N3O. The fourth-order valence-corrected chi connectivity index (χ4v) is 2.43. The van der Waals surface area contributed by atoms with Crippen LogP contribution in [0.5, 0.6) is 0 Å². The van der Waals surface area contributed by atoms with Crippen LogP contribution in [0.15, 0.2) is 18.2 Å². The molecular weight excluding hydrogens is 238 g/mol. The van der Waals surface area contributed by atoms with E-state index in [0.29, 0.717) is 6.42 Å². The highest BCUT2D eigenvalue weighted by Gasteiger charge is 2.19. The lowest BCUT2D eigenvalue weighted by atomic mass is 10.0. The second-order valence-corrected chi connectivity index (χ2v) is 5.44. The number of hydrogen-bond donors (Lipinski definition) is 3. The molecule has 0 atom stereocenters. The molecule has 0 unspecified atom stereocenters. The van der Waals surface area contributed by atoms with Crippen molar-refractivity contribution in [3.8, 4) is 0 Å². The Balaban J connectivity index is 1.46. The predicted molar refractivity (Wildman–Crippen MR) is 76.1 cm³/mol. The summed E-state index contributed by atoms with van der Waals surface area (Å²) in [5.74, 6) is 0.129. The van der Waals surface area contributed by atoms with Crippen LogP contribution < -0.4 is 16.0 Å². The van der Waals surface area contributed by atoms with Crippen LogP contribution in [0.2, 0.25) is 0 Å². The SMILES string of the molecule is O=C1CCc2cc(CNCCNC3CC3)ccc2N1. The second kappa shape index (κ2) is 5.72. The van der Waals surface area contributed by atoms with Crippen molar-refractivity contribution in [2.24, 2.45) is 0 Å². The van der Waals surface area contributed by atoms with Crippen molar-refractivity contribution >= 4 is 11.6 Å². The third-order valence-corrected chi connectivity index (χ3v) is 3.71. The van der Waals surface area contributed by atoms with E-state index in [1.807, 2.05) is 6.07 Å². The van der Waals surface area contributed by atoms with Gasteiger partial charge in [0, 0.05) is 37.8 Å². The van der Waals surface area contributed by atoms with Crippen LogP contribution in [0.4, 0.5) is 5.69 Å². The lowest BCUT2D eigenvalue weighted by Gasteiger charge is -2.17. The Kier molecular flexibility index (Phi) is 3.80. The van der Waals surface area contributed by atoms with Gasteiger partial charge in [-0.05, 0) is 36.5 Å². The highest BCUT2D eigenvalue weighted by Crippen LogP contribution is 2.23. The second-order valence-electron chi connectivity index (χ2n) is 5.44. The van der Waals surface area contributed by atoms with Crippen molar-refractivity contribution in [2.45, 2.75) is 38.3 Å². The van der Waals surface area contributed by atoms with Gasteiger partial charge < -0.3 is 16.0 Å². The average Bonchev–Trinajstić information content (AvgIpc) is 3.22. The van der Waals surface area contributed by atoms with E-state index in [2.05, 4.69) is 28.1 Å². The van der Waals surface area contributed by atoms with E-state index in [1.165, 1.54) is 24.0 Å². The molecule has 1 aromatic rings. The maximum Gasteiger partial charge on any atom is 0.224 e. The van der Waals surface area contributed by atoms with Gasteiger partial charge in [-0.3, -0.25) is 4.79 Å². The molecule has 19 heavy (non-hydrogen) atoms. The van der Waals surface area contributed by atoms with Crippen molar-refractivity contribution in [1.29, 1.82) is 0 Å². The Bertz CT molecular complexity index is 468. The zero-order valence-electron chi connectivity index (χ0n) is 11.2. The van der Waals surface area contributed by atoms with Crippen molar-refractivity contribution in [3.63, 3.8) is 0 Å². The third kappa shape index (κ3) is 3.55. The normalized spacial score (nSPS) is 18.0. The average molecular weight is 259 g/mol. The Morgan fingerprint density at radius 3 is 2.95 bits per heavy atom. The standard InChI is InChI=1S/C15H21N3O/c19-15-6-2-12-9-11(1-5-14(12)18-15)10-16-7-8-17-13-3-4-13/h1,5,9,13,16-17H,2-4,6-8,10H2,(H,18,19). The van der Waals surface area contributed by atoms with E-state index in [-0.39, 0.29) is 5.91 Å². The molecule has 1 heterocycles. The minimum atomic E-state index is 0.129. The smallest absolute Gasteiger partial charge is 0.224 e. The van der Waals surface area contributed by atoms with Gasteiger partial charge in [0.1, 0.15) is 0 Å². The van der Waals surface area contributed by atoms with Crippen LogP contribution in [0.3, 0.4) is 0 Å². The predicted octanol–water partition coefficient (Wildman–Crippen LogP) is 1.41. The number of carbonyl (C=O) groups excluding carboxylic acids is 1. The fraction of sp³-hybridized carbons (Fsp3) is 0.533. The molecule has 0 saturated heterocycles. The number of aryl methyl sites for hydroxylation is 1. The highest BCUT2D eigenvalue weighted by atomic mass is 16.1. The molecule has 1 aliphatic heterocycles. The van der Waals surface area contributed by atoms with Gasteiger partial charge in [0.2, 0.25) is 5.91 Å². The molecule has 0 bridgehead atoms. The van der Waals surface area contributed by atoms with Crippen molar-refractivity contribution < 1.29 is 4.79 Å². The van der Waals surface area contributed by atoms with E-state index in [4.69, 9.17) is 0 Å². The minimum Gasteiger partial charge on any atom is -0.326 e. The van der Waals surface area contributed by atoms with Crippen LogP contribution in [0.1, 0.15) is 30.4 Å². The summed E-state index contributed by atoms with van der Waals surface area (Å²) in [5.41, 5.74) is 3.53. The summed E-state index contributed by atoms with van der Waals surface area (Å²) in [7, 11) is 0. The van der Waals surface area contributed by atoms with Gasteiger partial charge in [-0.25, -0.2) is 0 Å². The minimum absolute atomic E-state index is 0.129. The molecule has 3 rings (SSSR count). The maximum absolute atomic E-state index is 11.3. The molecule has 1 saturated carbocycles. The lowest BCUT2D eigenvalue weighted by Crippen LogP contribution is -2.28. The summed E-state index contributed by atoms with van der Waals surface area (Å²) in [4.78, 5) is 11.3. The van der Waals surface area contributed by atoms with E-state index in [0.717, 1.165) is 37.8 Å². The Hall–Kier alpha value is -1.39. The summed E-state index contributed by atoms with van der Waals surface area (Å²) < 4.78 is 0. The molecule has 2 aliphatic rings. The first-order valence-electron chi connectivity index (χ1n) is 7.17. The Morgan fingerprint density at radius 1 is 1.21 bits per heavy atom. The molecule has 0 aromatic heterocycles. The molecule has 1 amide bonds. The van der Waals surface area contributed by atoms with E-state index < -0.39 is 0 Å². The molecule has 0 spiro atoms. The van der Waals surface area contributed by atoms with Gasteiger partial charge in [-0.1, -0.05) is 12.1 Å². The van der Waals surface area contributed by atoms with Gasteiger partial charge in [0.25, 0.3) is 0 Å². The van der Waals surface area contributed by atoms with Gasteiger partial charge >= 0.3 is 0 Å². The first kappa shape index (κ1) is 12.6. The summed E-state index contributed by atoms with van der Waals surface area (Å²) in [5, 5.41) is 9.85. The molecule has 102 valence electrons. The molecule has 4 heteroatoms. The van der Waals surface area contributed by atoms with Crippen molar-refractivity contribution in [1.82, 2.24) is 10.6 Å². The quantitative estimate of drug-likeness (QED) is 0.677. The Morgan fingerprint density at radius 2 is 2.11 bits per heavy atom. The number of fused-ring (bicyclic) bond motifs is 1. The summed E-state index contributed by atoms with van der Waals surface area (Å²) in [6, 6.07) is 7.10. The van der Waals surface area contributed by atoms with E-state index in [1.54, 1.807) is 0 Å². The molecule has 4 nitrogen and oxygen atoms in total. The van der Waals surface area contributed by atoms with E-state index in [9.17, 15) is 4.79 Å². The fourth-order valence-electron chi connectivity index (χ4n) is 2.43. The number of nitrogens with one attached hydrogen (secondary N) is 3. The largest absolute Gasteiger partial charge is 0.326 e. The van der Waals surface area contributed by atoms with Crippen molar-refractivity contribution in [3.05, 3.63) is 29.3 Å². The van der Waals surface area contributed by atoms with Crippen LogP contribution in [0, 0.1) is 0 Å². The van der Waals surface area contributed by atoms with Gasteiger partial charge in [-0.2, -0.15) is 0 Å². The van der Waals surface area contributed by atoms with Crippen LogP contribution in [-0.2, 0) is 17.8 Å². The van der Waals surface area contributed by atoms with Crippen LogP contribution in [-0.4, -0.2) is 25.0 Å². The number of carbonyl (C=O) groups is 1. The number of amides is 1. The molecule has 1 aromatic carbocycles. The Labute approximate surface area is 114 Å². The first-order chi connectivity index (χ1) is 9.31. The summed E-state index contributed by atoms with van der Waals surface area (Å²) in [6.45, 7) is 2.95. The van der Waals surface area contributed by atoms with Crippen LogP contribution >= 0.6 is 0 Å². The monoisotopic (exact) mass is 259 g/mol. The lowest BCUT2D eigenvalue weighted by molar-refractivity contribution is -0.116. The van der Waals surface area contributed by atoms with Gasteiger partial charge in [0.15, 0.2) is 0 Å². The highest BCUT2D eigenvalue weighted by molar-refractivity contribution is 5.93.